The standard InChI is InChI=1S/C13H16ClF3N2O2S/c1-8-6-10(4-5-18-8)19-22(20,21)12-7-9(13(15,16)17)2-3-11(12)14/h2-3,7-8,10,18-19H,4-6H2,1H3. The van der Waals surface area contributed by atoms with E-state index in [1.165, 1.54) is 0 Å². The first-order valence-corrected chi connectivity index (χ1v) is 8.58. The highest BCUT2D eigenvalue weighted by Gasteiger charge is 2.33. The van der Waals surface area contributed by atoms with E-state index in [9.17, 15) is 21.6 Å². The maximum atomic E-state index is 12.7. The number of alkyl halides is 3. The van der Waals surface area contributed by atoms with Crippen LogP contribution in [0.15, 0.2) is 23.1 Å². The van der Waals surface area contributed by atoms with Crippen LogP contribution in [0.1, 0.15) is 25.3 Å². The lowest BCUT2D eigenvalue weighted by atomic mass is 10.0. The van der Waals surface area contributed by atoms with E-state index < -0.39 is 26.7 Å². The van der Waals surface area contributed by atoms with Gasteiger partial charge >= 0.3 is 6.18 Å². The topological polar surface area (TPSA) is 58.2 Å². The van der Waals surface area contributed by atoms with Crippen molar-refractivity contribution in [3.63, 3.8) is 0 Å². The average molecular weight is 357 g/mol. The van der Waals surface area contributed by atoms with E-state index in [-0.39, 0.29) is 17.1 Å². The summed E-state index contributed by atoms with van der Waals surface area (Å²) in [6.07, 6.45) is -3.49. The number of hydrogen-bond donors (Lipinski definition) is 2. The molecule has 0 bridgehead atoms. The van der Waals surface area contributed by atoms with Crippen LogP contribution in [0, 0.1) is 0 Å². The van der Waals surface area contributed by atoms with Crippen LogP contribution in [0.5, 0.6) is 0 Å². The summed E-state index contributed by atoms with van der Waals surface area (Å²) in [5.74, 6) is 0. The Bertz CT molecular complexity index is 649. The van der Waals surface area contributed by atoms with Crippen molar-refractivity contribution < 1.29 is 21.6 Å². The van der Waals surface area contributed by atoms with Gasteiger partial charge in [0.05, 0.1) is 10.6 Å². The molecule has 0 aromatic heterocycles. The van der Waals surface area contributed by atoms with Crippen LogP contribution in [0.3, 0.4) is 0 Å². The van der Waals surface area contributed by atoms with Crippen LogP contribution in [-0.4, -0.2) is 27.0 Å². The van der Waals surface area contributed by atoms with Gasteiger partial charge in [-0.15, -0.1) is 0 Å². The fourth-order valence-electron chi connectivity index (χ4n) is 2.41. The van der Waals surface area contributed by atoms with Gasteiger partial charge in [0.1, 0.15) is 4.90 Å². The molecular weight excluding hydrogens is 341 g/mol. The summed E-state index contributed by atoms with van der Waals surface area (Å²) in [4.78, 5) is -0.546. The second kappa shape index (κ2) is 6.35. The number of nitrogens with one attached hydrogen (secondary N) is 2. The summed E-state index contributed by atoms with van der Waals surface area (Å²) in [5.41, 5.74) is -1.05. The van der Waals surface area contributed by atoms with E-state index in [2.05, 4.69) is 10.0 Å². The molecule has 1 heterocycles. The number of piperidine rings is 1. The van der Waals surface area contributed by atoms with Crippen molar-refractivity contribution >= 4 is 21.6 Å². The molecule has 1 aliphatic rings. The van der Waals surface area contributed by atoms with Crippen molar-refractivity contribution in [3.8, 4) is 0 Å². The predicted molar refractivity (Wildman–Crippen MR) is 77.3 cm³/mol. The third kappa shape index (κ3) is 4.13. The van der Waals surface area contributed by atoms with E-state index in [4.69, 9.17) is 11.6 Å². The minimum Gasteiger partial charge on any atom is -0.314 e. The van der Waals surface area contributed by atoms with Gasteiger partial charge in [0, 0.05) is 12.1 Å². The van der Waals surface area contributed by atoms with Crippen molar-refractivity contribution in [1.29, 1.82) is 0 Å². The second-order valence-electron chi connectivity index (χ2n) is 5.34. The molecule has 22 heavy (non-hydrogen) atoms. The zero-order valence-corrected chi connectivity index (χ0v) is 13.3. The van der Waals surface area contributed by atoms with Crippen molar-refractivity contribution in [3.05, 3.63) is 28.8 Å². The largest absolute Gasteiger partial charge is 0.416 e. The molecule has 0 saturated carbocycles. The molecule has 2 N–H and O–H groups in total. The molecule has 0 amide bonds. The lowest BCUT2D eigenvalue weighted by molar-refractivity contribution is -0.137. The third-order valence-electron chi connectivity index (χ3n) is 3.49. The minimum absolute atomic E-state index is 0.137. The van der Waals surface area contributed by atoms with Crippen LogP contribution in [0.25, 0.3) is 0 Å². The summed E-state index contributed by atoms with van der Waals surface area (Å²) in [6.45, 7) is 2.56. The SMILES string of the molecule is CC1CC(NS(=O)(=O)c2cc(C(F)(F)F)ccc2Cl)CCN1. The summed E-state index contributed by atoms with van der Waals surface area (Å²) in [7, 11) is -4.11. The monoisotopic (exact) mass is 356 g/mol. The van der Waals surface area contributed by atoms with Gasteiger partial charge in [0.25, 0.3) is 0 Å². The smallest absolute Gasteiger partial charge is 0.314 e. The van der Waals surface area contributed by atoms with Gasteiger partial charge in [-0.25, -0.2) is 13.1 Å². The molecule has 1 saturated heterocycles. The second-order valence-corrected chi connectivity index (χ2v) is 7.43. The molecule has 0 radical (unpaired) electrons. The number of rotatable bonds is 3. The van der Waals surface area contributed by atoms with Gasteiger partial charge in [0.15, 0.2) is 0 Å². The van der Waals surface area contributed by atoms with Gasteiger partial charge in [-0.1, -0.05) is 11.6 Å². The highest BCUT2D eigenvalue weighted by molar-refractivity contribution is 7.89. The lowest BCUT2D eigenvalue weighted by Gasteiger charge is -2.28. The zero-order chi connectivity index (χ0) is 16.5. The average Bonchev–Trinajstić information content (AvgIpc) is 2.36. The van der Waals surface area contributed by atoms with Crippen LogP contribution < -0.4 is 10.0 Å². The van der Waals surface area contributed by atoms with Crippen LogP contribution in [-0.2, 0) is 16.2 Å². The number of benzene rings is 1. The van der Waals surface area contributed by atoms with Crippen molar-refractivity contribution in [2.45, 2.75) is 42.9 Å². The number of halogens is 4. The molecule has 0 spiro atoms. The Morgan fingerprint density at radius 2 is 2.05 bits per heavy atom. The summed E-state index contributed by atoms with van der Waals surface area (Å²) >= 11 is 5.78. The van der Waals surface area contributed by atoms with Crippen molar-refractivity contribution in [2.75, 3.05) is 6.54 Å². The van der Waals surface area contributed by atoms with Gasteiger partial charge < -0.3 is 5.32 Å². The summed E-state index contributed by atoms with van der Waals surface area (Å²) < 4.78 is 65.3. The molecule has 2 rings (SSSR count). The van der Waals surface area contributed by atoms with Gasteiger partial charge in [-0.05, 0) is 44.5 Å². The first-order valence-electron chi connectivity index (χ1n) is 6.72. The number of sulfonamides is 1. The van der Waals surface area contributed by atoms with Crippen molar-refractivity contribution in [1.82, 2.24) is 10.0 Å². The summed E-state index contributed by atoms with van der Waals surface area (Å²) in [6, 6.07) is 2.08. The Balaban J connectivity index is 2.29. The molecule has 2 unspecified atom stereocenters. The van der Waals surface area contributed by atoms with E-state index in [1.807, 2.05) is 6.92 Å². The lowest BCUT2D eigenvalue weighted by Crippen LogP contribution is -2.46. The Morgan fingerprint density at radius 1 is 1.36 bits per heavy atom. The van der Waals surface area contributed by atoms with Gasteiger partial charge in [-0.2, -0.15) is 13.2 Å². The van der Waals surface area contributed by atoms with E-state index >= 15 is 0 Å². The molecule has 1 aromatic rings. The molecule has 4 nitrogen and oxygen atoms in total. The van der Waals surface area contributed by atoms with Crippen LogP contribution >= 0.6 is 11.6 Å². The maximum Gasteiger partial charge on any atom is 0.416 e. The van der Waals surface area contributed by atoms with Gasteiger partial charge in [-0.3, -0.25) is 0 Å². The van der Waals surface area contributed by atoms with Gasteiger partial charge in [0.2, 0.25) is 10.0 Å². The molecule has 9 heteroatoms. The first kappa shape index (κ1) is 17.5. The van der Waals surface area contributed by atoms with E-state index in [1.54, 1.807) is 0 Å². The molecule has 0 aliphatic carbocycles. The Hall–Kier alpha value is -0.830. The highest BCUT2D eigenvalue weighted by Crippen LogP contribution is 2.33. The fourth-order valence-corrected chi connectivity index (χ4v) is 4.22. The highest BCUT2D eigenvalue weighted by atomic mass is 35.5. The Morgan fingerprint density at radius 3 is 2.64 bits per heavy atom. The molecule has 1 aromatic carbocycles. The van der Waals surface area contributed by atoms with Crippen LogP contribution in [0.4, 0.5) is 13.2 Å². The normalized spacial score (nSPS) is 23.5. The van der Waals surface area contributed by atoms with Crippen LogP contribution in [0.2, 0.25) is 5.02 Å². The number of hydrogen-bond acceptors (Lipinski definition) is 3. The molecule has 1 fully saturated rings. The molecular formula is C13H16ClF3N2O2S. The van der Waals surface area contributed by atoms with Crippen molar-refractivity contribution in [2.24, 2.45) is 0 Å². The third-order valence-corrected chi connectivity index (χ3v) is 5.50. The Labute approximate surface area is 132 Å². The van der Waals surface area contributed by atoms with E-state index in [0.29, 0.717) is 25.5 Å². The Kier molecular flexibility index (Phi) is 5.06. The quantitative estimate of drug-likeness (QED) is 0.875. The van der Waals surface area contributed by atoms with E-state index in [0.717, 1.165) is 12.1 Å². The maximum absolute atomic E-state index is 12.7. The zero-order valence-electron chi connectivity index (χ0n) is 11.7. The summed E-state index contributed by atoms with van der Waals surface area (Å²) in [5, 5.41) is 2.93. The fraction of sp³-hybridized carbons (Fsp3) is 0.538. The molecule has 124 valence electrons. The molecule has 1 aliphatic heterocycles. The minimum atomic E-state index is -4.63. The first-order chi connectivity index (χ1) is 10.1. The molecule has 2 atom stereocenters. The predicted octanol–water partition coefficient (Wildman–Crippen LogP) is 2.78.